The molecule has 0 spiro atoms. The fraction of sp³-hybridized carbons (Fsp3) is 0.545. The SMILES string of the molecule is [CH]1CC=CCCCCC=CC1. The standard InChI is InChI=1S/C11H17/c1-2-4-6-8-10-11-9-7-5-3-1/h1-2,5,9,11H,3-4,6-8,10H2. The molecule has 61 valence electrons. The zero-order valence-corrected chi connectivity index (χ0v) is 7.13. The molecule has 1 aliphatic rings. The third-order valence-electron chi connectivity index (χ3n) is 1.93. The average molecular weight is 149 g/mol. The summed E-state index contributed by atoms with van der Waals surface area (Å²) < 4.78 is 0. The van der Waals surface area contributed by atoms with Crippen LogP contribution in [0.1, 0.15) is 38.5 Å². The summed E-state index contributed by atoms with van der Waals surface area (Å²) in [6.07, 6.45) is 19.0. The topological polar surface area (TPSA) is 0 Å². The lowest BCUT2D eigenvalue weighted by Gasteiger charge is -1.90. The molecule has 0 atom stereocenters. The predicted molar refractivity (Wildman–Crippen MR) is 50.3 cm³/mol. The predicted octanol–water partition coefficient (Wildman–Crippen LogP) is 3.66. The molecule has 0 aromatic carbocycles. The number of hydrogen-bond acceptors (Lipinski definition) is 0. The van der Waals surface area contributed by atoms with Crippen molar-refractivity contribution in [1.29, 1.82) is 0 Å². The van der Waals surface area contributed by atoms with E-state index in [-0.39, 0.29) is 0 Å². The summed E-state index contributed by atoms with van der Waals surface area (Å²) in [6, 6.07) is 0. The molecule has 1 rings (SSSR count). The van der Waals surface area contributed by atoms with Gasteiger partial charge in [-0.05, 0) is 44.9 Å². The first-order valence-electron chi connectivity index (χ1n) is 4.62. The van der Waals surface area contributed by atoms with Crippen molar-refractivity contribution in [3.05, 3.63) is 30.7 Å². The van der Waals surface area contributed by atoms with E-state index in [2.05, 4.69) is 30.7 Å². The average Bonchev–Trinajstić information content (AvgIpc) is 2.08. The number of rotatable bonds is 0. The summed E-state index contributed by atoms with van der Waals surface area (Å²) in [5, 5.41) is 0. The van der Waals surface area contributed by atoms with Crippen LogP contribution in [-0.2, 0) is 0 Å². The van der Waals surface area contributed by atoms with E-state index in [9.17, 15) is 0 Å². The zero-order valence-electron chi connectivity index (χ0n) is 7.13. The molecule has 0 heterocycles. The van der Waals surface area contributed by atoms with Crippen molar-refractivity contribution >= 4 is 0 Å². The van der Waals surface area contributed by atoms with Crippen molar-refractivity contribution in [3.63, 3.8) is 0 Å². The van der Waals surface area contributed by atoms with Gasteiger partial charge in [-0.2, -0.15) is 0 Å². The van der Waals surface area contributed by atoms with Crippen LogP contribution in [0.3, 0.4) is 0 Å². The Labute approximate surface area is 70.0 Å². The van der Waals surface area contributed by atoms with Gasteiger partial charge >= 0.3 is 0 Å². The van der Waals surface area contributed by atoms with Crippen molar-refractivity contribution in [2.75, 3.05) is 0 Å². The molecule has 0 fully saturated rings. The molecular weight excluding hydrogens is 132 g/mol. The first-order chi connectivity index (χ1) is 5.50. The molecule has 0 aromatic heterocycles. The fourth-order valence-electron chi connectivity index (χ4n) is 1.24. The second kappa shape index (κ2) is 6.21. The maximum Gasteiger partial charge on any atom is -0.0311 e. The van der Waals surface area contributed by atoms with Gasteiger partial charge in [-0.1, -0.05) is 24.3 Å². The Bertz CT molecular complexity index is 115. The molecule has 0 N–H and O–H groups in total. The van der Waals surface area contributed by atoms with Crippen LogP contribution < -0.4 is 0 Å². The maximum absolute atomic E-state index is 2.32. The van der Waals surface area contributed by atoms with Gasteiger partial charge in [0.05, 0.1) is 0 Å². The summed E-state index contributed by atoms with van der Waals surface area (Å²) in [7, 11) is 0. The quantitative estimate of drug-likeness (QED) is 0.461. The van der Waals surface area contributed by atoms with Crippen molar-refractivity contribution in [3.8, 4) is 0 Å². The molecule has 0 amide bonds. The van der Waals surface area contributed by atoms with E-state index in [4.69, 9.17) is 0 Å². The highest BCUT2D eigenvalue weighted by Gasteiger charge is 1.86. The highest BCUT2D eigenvalue weighted by atomic mass is 13.9. The van der Waals surface area contributed by atoms with Crippen LogP contribution in [0.5, 0.6) is 0 Å². The summed E-state index contributed by atoms with van der Waals surface area (Å²) in [5.41, 5.74) is 0. The van der Waals surface area contributed by atoms with E-state index < -0.39 is 0 Å². The van der Waals surface area contributed by atoms with E-state index in [1.165, 1.54) is 25.7 Å². The second-order valence-corrected chi connectivity index (χ2v) is 2.99. The third-order valence-corrected chi connectivity index (χ3v) is 1.93. The Morgan fingerprint density at radius 2 is 1.18 bits per heavy atom. The highest BCUT2D eigenvalue weighted by Crippen LogP contribution is 2.06. The Kier molecular flexibility index (Phi) is 4.84. The largest absolute Gasteiger partial charge is 0.0885 e. The van der Waals surface area contributed by atoms with E-state index in [0.717, 1.165) is 12.8 Å². The molecule has 0 nitrogen and oxygen atoms in total. The molecule has 0 saturated carbocycles. The Morgan fingerprint density at radius 1 is 0.636 bits per heavy atom. The van der Waals surface area contributed by atoms with Gasteiger partial charge in [0, 0.05) is 0 Å². The van der Waals surface area contributed by atoms with Gasteiger partial charge in [0.25, 0.3) is 0 Å². The van der Waals surface area contributed by atoms with E-state index in [0.29, 0.717) is 0 Å². The van der Waals surface area contributed by atoms with Gasteiger partial charge in [-0.15, -0.1) is 0 Å². The van der Waals surface area contributed by atoms with Crippen LogP contribution in [0.25, 0.3) is 0 Å². The minimum atomic E-state index is 1.14. The van der Waals surface area contributed by atoms with Crippen LogP contribution in [0.15, 0.2) is 24.3 Å². The molecule has 1 radical (unpaired) electrons. The zero-order chi connectivity index (χ0) is 7.78. The maximum atomic E-state index is 2.32. The molecule has 0 bridgehead atoms. The molecule has 0 saturated heterocycles. The normalized spacial score (nSPS) is 21.1. The van der Waals surface area contributed by atoms with Gasteiger partial charge in [0.2, 0.25) is 0 Å². The first-order valence-corrected chi connectivity index (χ1v) is 4.62. The minimum Gasteiger partial charge on any atom is -0.0885 e. The molecule has 0 aliphatic heterocycles. The van der Waals surface area contributed by atoms with Gasteiger partial charge < -0.3 is 0 Å². The summed E-state index contributed by atoms with van der Waals surface area (Å²) >= 11 is 0. The molecule has 0 heteroatoms. The molecular formula is C11H17. The molecule has 0 unspecified atom stereocenters. The smallest absolute Gasteiger partial charge is 0.0311 e. The van der Waals surface area contributed by atoms with Crippen molar-refractivity contribution < 1.29 is 0 Å². The van der Waals surface area contributed by atoms with Crippen LogP contribution in [-0.4, -0.2) is 0 Å². The molecule has 11 heavy (non-hydrogen) atoms. The lowest BCUT2D eigenvalue weighted by Crippen LogP contribution is -1.71. The van der Waals surface area contributed by atoms with Crippen LogP contribution in [0.4, 0.5) is 0 Å². The second-order valence-electron chi connectivity index (χ2n) is 2.99. The monoisotopic (exact) mass is 149 g/mol. The lowest BCUT2D eigenvalue weighted by molar-refractivity contribution is 0.761. The minimum absolute atomic E-state index is 1.14. The lowest BCUT2D eigenvalue weighted by atomic mass is 10.2. The van der Waals surface area contributed by atoms with Crippen LogP contribution >= 0.6 is 0 Å². The third kappa shape index (κ3) is 4.83. The molecule has 1 aliphatic carbocycles. The van der Waals surface area contributed by atoms with Gasteiger partial charge in [-0.3, -0.25) is 0 Å². The van der Waals surface area contributed by atoms with Crippen LogP contribution in [0, 0.1) is 6.42 Å². The van der Waals surface area contributed by atoms with E-state index in [1.807, 2.05) is 0 Å². The van der Waals surface area contributed by atoms with Crippen molar-refractivity contribution in [2.24, 2.45) is 0 Å². The fourth-order valence-corrected chi connectivity index (χ4v) is 1.24. The Balaban J connectivity index is 2.22. The number of allylic oxidation sites excluding steroid dienone is 4. The number of hydrogen-bond donors (Lipinski definition) is 0. The highest BCUT2D eigenvalue weighted by molar-refractivity contribution is 4.93. The van der Waals surface area contributed by atoms with Crippen LogP contribution in [0.2, 0.25) is 0 Å². The summed E-state index contributed by atoms with van der Waals surface area (Å²) in [4.78, 5) is 0. The van der Waals surface area contributed by atoms with Crippen molar-refractivity contribution in [2.45, 2.75) is 38.5 Å². The van der Waals surface area contributed by atoms with E-state index in [1.54, 1.807) is 0 Å². The molecule has 0 aromatic rings. The van der Waals surface area contributed by atoms with Gasteiger partial charge in [0.15, 0.2) is 0 Å². The van der Waals surface area contributed by atoms with E-state index >= 15 is 0 Å². The summed E-state index contributed by atoms with van der Waals surface area (Å²) in [6.45, 7) is 0. The van der Waals surface area contributed by atoms with Crippen molar-refractivity contribution in [1.82, 2.24) is 0 Å². The first kappa shape index (κ1) is 8.58. The Morgan fingerprint density at radius 3 is 1.73 bits per heavy atom. The van der Waals surface area contributed by atoms with Gasteiger partial charge in [0.1, 0.15) is 0 Å². The Hall–Kier alpha value is -0.520. The summed E-state index contributed by atoms with van der Waals surface area (Å²) in [5.74, 6) is 0. The van der Waals surface area contributed by atoms with Gasteiger partial charge in [-0.25, -0.2) is 0 Å².